The molecule has 0 aromatic heterocycles. The fourth-order valence-corrected chi connectivity index (χ4v) is 4.38. The van der Waals surface area contributed by atoms with Crippen molar-refractivity contribution in [3.8, 4) is 0 Å². The van der Waals surface area contributed by atoms with E-state index in [1.165, 1.54) is 5.57 Å². The summed E-state index contributed by atoms with van der Waals surface area (Å²) in [5.74, 6) is -0.283. The number of anilines is 1. The number of hydrogen-bond donors (Lipinski definition) is 1. The van der Waals surface area contributed by atoms with Crippen molar-refractivity contribution >= 4 is 50.9 Å². The maximum atomic E-state index is 12.3. The molecule has 0 saturated heterocycles. The molecule has 1 heterocycles. The summed E-state index contributed by atoms with van der Waals surface area (Å²) in [7, 11) is 0. The normalized spacial score (nSPS) is 15.2. The topological polar surface area (TPSA) is 44.7 Å². The van der Waals surface area contributed by atoms with Crippen LogP contribution < -0.4 is 10.3 Å². The number of amides is 1. The van der Waals surface area contributed by atoms with E-state index < -0.39 is 0 Å². The van der Waals surface area contributed by atoms with Gasteiger partial charge in [0.2, 0.25) is 0 Å². The Hall–Kier alpha value is -2.11. The number of rotatable bonds is 5. The van der Waals surface area contributed by atoms with E-state index in [0.29, 0.717) is 10.6 Å². The van der Waals surface area contributed by atoms with Crippen LogP contribution in [0.4, 0.5) is 5.69 Å². The summed E-state index contributed by atoms with van der Waals surface area (Å²) in [4.78, 5) is 14.7. The fraction of sp³-hybridized carbons (Fsp3) is 0.304. The largest absolute Gasteiger partial charge is 0.362 e. The van der Waals surface area contributed by atoms with E-state index in [9.17, 15) is 4.79 Å². The number of carbonyl (C=O) groups is 1. The van der Waals surface area contributed by atoms with Crippen LogP contribution >= 0.6 is 27.5 Å². The summed E-state index contributed by atoms with van der Waals surface area (Å²) in [5.41, 5.74) is 7.27. The molecule has 6 heteroatoms. The quantitative estimate of drug-likeness (QED) is 0.409. The number of halogens is 2. The predicted octanol–water partition coefficient (Wildman–Crippen LogP) is 6.28. The third-order valence-corrected chi connectivity index (χ3v) is 6.05. The zero-order valence-corrected chi connectivity index (χ0v) is 19.4. The van der Waals surface area contributed by atoms with Crippen LogP contribution in [0.1, 0.15) is 55.6 Å². The van der Waals surface area contributed by atoms with Gasteiger partial charge < -0.3 is 4.90 Å². The molecule has 3 rings (SSSR count). The first-order chi connectivity index (χ1) is 13.7. The highest BCUT2D eigenvalue weighted by Crippen LogP contribution is 2.41. The number of hydrazone groups is 1. The first-order valence-corrected chi connectivity index (χ1v) is 10.8. The molecule has 0 saturated carbocycles. The second-order valence-corrected chi connectivity index (χ2v) is 8.96. The molecular weight excluding hydrogens is 450 g/mol. The van der Waals surface area contributed by atoms with Crippen LogP contribution in [0.5, 0.6) is 0 Å². The van der Waals surface area contributed by atoms with Crippen molar-refractivity contribution in [1.29, 1.82) is 0 Å². The second kappa shape index (κ2) is 8.72. The molecule has 0 spiro atoms. The molecule has 29 heavy (non-hydrogen) atoms. The standard InChI is InChI=1S/C23H25BrClN3O/c1-5-10-28-21-12-20(25)16(11-18(21)15(2)13-23(28,3)4)14-26-27-22(29)17-8-6-7-9-19(17)24/h6-9,11-14H,5,10H2,1-4H3,(H,27,29)/b26-14-. The molecule has 0 atom stereocenters. The number of carbonyl (C=O) groups excluding carboxylic acids is 1. The molecule has 0 unspecified atom stereocenters. The predicted molar refractivity (Wildman–Crippen MR) is 126 cm³/mol. The lowest BCUT2D eigenvalue weighted by molar-refractivity contribution is 0.0954. The van der Waals surface area contributed by atoms with Crippen LogP contribution in [0.2, 0.25) is 5.02 Å². The summed E-state index contributed by atoms with van der Waals surface area (Å²) in [6.07, 6.45) is 4.93. The first kappa shape index (κ1) is 21.6. The van der Waals surface area contributed by atoms with Crippen molar-refractivity contribution in [2.75, 3.05) is 11.4 Å². The van der Waals surface area contributed by atoms with Crippen LogP contribution in [0.25, 0.3) is 5.57 Å². The van der Waals surface area contributed by atoms with Crippen LogP contribution in [0, 0.1) is 0 Å². The Bertz CT molecular complexity index is 998. The van der Waals surface area contributed by atoms with Gasteiger partial charge in [0.25, 0.3) is 5.91 Å². The number of nitrogens with zero attached hydrogens (tertiary/aromatic N) is 2. The molecule has 1 amide bonds. The van der Waals surface area contributed by atoms with Crippen LogP contribution in [0.3, 0.4) is 0 Å². The molecule has 1 aliphatic rings. The summed E-state index contributed by atoms with van der Waals surface area (Å²) < 4.78 is 0.721. The number of allylic oxidation sites excluding steroid dienone is 1. The SMILES string of the molecule is CCCN1c2cc(Cl)c(/C=N\NC(=O)c3ccccc3Br)cc2C(C)=CC1(C)C. The second-order valence-electron chi connectivity index (χ2n) is 7.70. The van der Waals surface area contributed by atoms with Gasteiger partial charge in [0, 0.05) is 27.8 Å². The Labute approximate surface area is 185 Å². The minimum atomic E-state index is -0.283. The monoisotopic (exact) mass is 473 g/mol. The summed E-state index contributed by atoms with van der Waals surface area (Å²) in [6.45, 7) is 9.69. The molecule has 0 fully saturated rings. The van der Waals surface area contributed by atoms with E-state index in [0.717, 1.165) is 34.3 Å². The number of fused-ring (bicyclic) bond motifs is 1. The first-order valence-electron chi connectivity index (χ1n) is 9.63. The smallest absolute Gasteiger partial charge is 0.272 e. The number of hydrogen-bond acceptors (Lipinski definition) is 3. The van der Waals surface area contributed by atoms with Gasteiger partial charge in [0.05, 0.1) is 22.3 Å². The molecule has 0 aliphatic carbocycles. The van der Waals surface area contributed by atoms with Gasteiger partial charge in [0.1, 0.15) is 0 Å². The minimum Gasteiger partial charge on any atom is -0.362 e. The Balaban J connectivity index is 1.87. The molecule has 1 aliphatic heterocycles. The van der Waals surface area contributed by atoms with Crippen molar-refractivity contribution < 1.29 is 4.79 Å². The summed E-state index contributed by atoms with van der Waals surface area (Å²) >= 11 is 9.94. The van der Waals surface area contributed by atoms with Crippen molar-refractivity contribution in [1.82, 2.24) is 5.43 Å². The van der Waals surface area contributed by atoms with Gasteiger partial charge in [-0.3, -0.25) is 4.79 Å². The summed E-state index contributed by atoms with van der Waals surface area (Å²) in [5, 5.41) is 4.72. The Morgan fingerprint density at radius 1 is 1.31 bits per heavy atom. The van der Waals surface area contributed by atoms with Gasteiger partial charge in [-0.1, -0.05) is 36.7 Å². The molecule has 152 valence electrons. The average molecular weight is 475 g/mol. The van der Waals surface area contributed by atoms with Gasteiger partial charge in [-0.25, -0.2) is 5.43 Å². The van der Waals surface area contributed by atoms with Crippen LogP contribution in [0.15, 0.2) is 52.0 Å². The highest BCUT2D eigenvalue weighted by Gasteiger charge is 2.31. The molecule has 2 aromatic carbocycles. The molecule has 0 bridgehead atoms. The number of benzene rings is 2. The van der Waals surface area contributed by atoms with Crippen molar-refractivity contribution in [2.45, 2.75) is 39.7 Å². The molecule has 1 N–H and O–H groups in total. The number of nitrogens with one attached hydrogen (secondary N) is 1. The maximum absolute atomic E-state index is 12.3. The lowest BCUT2D eigenvalue weighted by atomic mass is 9.88. The van der Waals surface area contributed by atoms with E-state index in [2.05, 4.69) is 65.1 Å². The van der Waals surface area contributed by atoms with E-state index >= 15 is 0 Å². The molecular formula is C23H25BrClN3O. The van der Waals surface area contributed by atoms with Crippen molar-refractivity contribution in [2.24, 2.45) is 5.10 Å². The summed E-state index contributed by atoms with van der Waals surface area (Å²) in [6, 6.07) is 11.3. The fourth-order valence-electron chi connectivity index (χ4n) is 3.71. The van der Waals surface area contributed by atoms with E-state index in [1.54, 1.807) is 12.3 Å². The van der Waals surface area contributed by atoms with Gasteiger partial charge >= 0.3 is 0 Å². The lowest BCUT2D eigenvalue weighted by Crippen LogP contribution is -2.45. The Morgan fingerprint density at radius 2 is 2.03 bits per heavy atom. The third kappa shape index (κ3) is 4.57. The minimum absolute atomic E-state index is 0.0664. The Kier molecular flexibility index (Phi) is 6.49. The highest BCUT2D eigenvalue weighted by molar-refractivity contribution is 9.10. The van der Waals surface area contributed by atoms with Gasteiger partial charge in [-0.2, -0.15) is 5.10 Å². The average Bonchev–Trinajstić information content (AvgIpc) is 2.66. The maximum Gasteiger partial charge on any atom is 0.272 e. The van der Waals surface area contributed by atoms with Gasteiger partial charge in [-0.15, -0.1) is 0 Å². The van der Waals surface area contributed by atoms with E-state index in [1.807, 2.05) is 30.3 Å². The zero-order valence-electron chi connectivity index (χ0n) is 17.1. The van der Waals surface area contributed by atoms with Crippen LogP contribution in [-0.2, 0) is 0 Å². The Morgan fingerprint density at radius 3 is 2.72 bits per heavy atom. The lowest BCUT2D eigenvalue weighted by Gasteiger charge is -2.43. The van der Waals surface area contributed by atoms with Gasteiger partial charge in [-0.05, 0) is 73.0 Å². The van der Waals surface area contributed by atoms with Gasteiger partial charge in [0.15, 0.2) is 0 Å². The van der Waals surface area contributed by atoms with Crippen LogP contribution in [-0.4, -0.2) is 24.2 Å². The van der Waals surface area contributed by atoms with Crippen molar-refractivity contribution in [3.63, 3.8) is 0 Å². The highest BCUT2D eigenvalue weighted by atomic mass is 79.9. The zero-order chi connectivity index (χ0) is 21.2. The van der Waals surface area contributed by atoms with E-state index in [4.69, 9.17) is 11.6 Å². The molecule has 4 nitrogen and oxygen atoms in total. The van der Waals surface area contributed by atoms with Crippen molar-refractivity contribution in [3.05, 3.63) is 68.7 Å². The van der Waals surface area contributed by atoms with E-state index in [-0.39, 0.29) is 11.4 Å². The molecule has 2 aromatic rings. The third-order valence-electron chi connectivity index (χ3n) is 5.03. The molecule has 0 radical (unpaired) electrons.